The predicted octanol–water partition coefficient (Wildman–Crippen LogP) is 4.71. The van der Waals surface area contributed by atoms with Crippen LogP contribution in [0.3, 0.4) is 0 Å². The van der Waals surface area contributed by atoms with Crippen LogP contribution in [0.1, 0.15) is 84.8 Å². The molecule has 0 radical (unpaired) electrons. The van der Waals surface area contributed by atoms with Gasteiger partial charge in [0.15, 0.2) is 0 Å². The summed E-state index contributed by atoms with van der Waals surface area (Å²) in [6, 6.07) is 7.04. The van der Waals surface area contributed by atoms with Crippen molar-refractivity contribution in [3.05, 3.63) is 58.9 Å². The van der Waals surface area contributed by atoms with E-state index >= 15 is 0 Å². The minimum atomic E-state index is -0.283. The lowest BCUT2D eigenvalue weighted by Crippen LogP contribution is -2.43. The average molecular weight is 411 g/mol. The van der Waals surface area contributed by atoms with Crippen molar-refractivity contribution in [1.82, 2.24) is 20.2 Å². The van der Waals surface area contributed by atoms with Crippen LogP contribution in [0.4, 0.5) is 4.39 Å². The van der Waals surface area contributed by atoms with Crippen LogP contribution in [0.25, 0.3) is 0 Å². The molecule has 1 saturated heterocycles. The number of carbonyl (C=O) groups is 1. The van der Waals surface area contributed by atoms with E-state index in [1.807, 2.05) is 6.92 Å². The molecule has 30 heavy (non-hydrogen) atoms. The van der Waals surface area contributed by atoms with Gasteiger partial charge in [0.1, 0.15) is 11.6 Å². The Morgan fingerprint density at radius 2 is 1.83 bits per heavy atom. The molecule has 2 heterocycles. The van der Waals surface area contributed by atoms with Crippen LogP contribution >= 0.6 is 0 Å². The molecule has 2 aromatic rings. The topological polar surface area (TPSA) is 58.1 Å². The van der Waals surface area contributed by atoms with Crippen LogP contribution in [0.15, 0.2) is 30.5 Å². The molecule has 2 fully saturated rings. The smallest absolute Gasteiger partial charge is 0.254 e. The number of aryl methyl sites for hydroxylation is 1. The fourth-order valence-electron chi connectivity index (χ4n) is 4.83. The molecular weight excluding hydrogens is 379 g/mol. The largest absolute Gasteiger partial charge is 0.348 e. The first-order valence-corrected chi connectivity index (χ1v) is 11.2. The minimum absolute atomic E-state index is 0.198. The van der Waals surface area contributed by atoms with Crippen LogP contribution in [-0.4, -0.2) is 33.4 Å². The van der Waals surface area contributed by atoms with Gasteiger partial charge in [0, 0.05) is 18.8 Å². The van der Waals surface area contributed by atoms with E-state index in [-0.39, 0.29) is 17.8 Å². The van der Waals surface area contributed by atoms with Crippen molar-refractivity contribution in [2.45, 2.75) is 76.9 Å². The fraction of sp³-hybridized carbons (Fsp3) is 0.542. The number of nitrogens with zero attached hydrogens (tertiary/aromatic N) is 3. The Hall–Kier alpha value is -2.34. The lowest BCUT2D eigenvalue weighted by atomic mass is 9.90. The SMILES string of the molecule is Cc1nc(C2CCCCN2C2CCCCC2)ncc1C(=O)NCc1ccc(F)cc1. The van der Waals surface area contributed by atoms with Crippen molar-refractivity contribution >= 4 is 5.91 Å². The number of nitrogens with one attached hydrogen (secondary N) is 1. The van der Waals surface area contributed by atoms with E-state index in [1.54, 1.807) is 18.3 Å². The summed E-state index contributed by atoms with van der Waals surface area (Å²) in [6.45, 7) is 3.35. The summed E-state index contributed by atoms with van der Waals surface area (Å²) in [5, 5.41) is 2.88. The second-order valence-corrected chi connectivity index (χ2v) is 8.58. The van der Waals surface area contributed by atoms with Gasteiger partial charge in [-0.15, -0.1) is 0 Å². The molecule has 160 valence electrons. The van der Waals surface area contributed by atoms with Gasteiger partial charge in [-0.1, -0.05) is 37.8 Å². The number of amides is 1. The number of hydrogen-bond acceptors (Lipinski definition) is 4. The van der Waals surface area contributed by atoms with E-state index in [0.29, 0.717) is 23.8 Å². The second-order valence-electron chi connectivity index (χ2n) is 8.58. The maximum absolute atomic E-state index is 13.0. The van der Waals surface area contributed by atoms with Crippen LogP contribution in [0, 0.1) is 12.7 Å². The van der Waals surface area contributed by atoms with E-state index in [9.17, 15) is 9.18 Å². The lowest BCUT2D eigenvalue weighted by Gasteiger charge is -2.42. The van der Waals surface area contributed by atoms with Gasteiger partial charge in [-0.05, 0) is 56.8 Å². The first kappa shape index (κ1) is 20.9. The Morgan fingerprint density at radius 1 is 1.10 bits per heavy atom. The molecule has 6 heteroatoms. The molecule has 1 N–H and O–H groups in total. The molecular formula is C24H31FN4O. The molecule has 1 unspecified atom stereocenters. The van der Waals surface area contributed by atoms with Gasteiger partial charge in [-0.3, -0.25) is 9.69 Å². The van der Waals surface area contributed by atoms with Gasteiger partial charge in [0.05, 0.1) is 17.3 Å². The molecule has 0 spiro atoms. The molecule has 1 atom stereocenters. The Kier molecular flexibility index (Phi) is 6.72. The van der Waals surface area contributed by atoms with Crippen molar-refractivity contribution in [2.75, 3.05) is 6.54 Å². The van der Waals surface area contributed by atoms with Crippen molar-refractivity contribution < 1.29 is 9.18 Å². The van der Waals surface area contributed by atoms with E-state index < -0.39 is 0 Å². The molecule has 4 rings (SSSR count). The Bertz CT molecular complexity index is 864. The molecule has 0 bridgehead atoms. The molecule has 1 aromatic heterocycles. The van der Waals surface area contributed by atoms with Gasteiger partial charge in [0.25, 0.3) is 5.91 Å². The van der Waals surface area contributed by atoms with E-state index in [4.69, 9.17) is 4.98 Å². The molecule has 2 aliphatic rings. The monoisotopic (exact) mass is 410 g/mol. The summed E-state index contributed by atoms with van der Waals surface area (Å²) >= 11 is 0. The molecule has 1 amide bonds. The molecule has 1 aliphatic heterocycles. The average Bonchev–Trinajstić information content (AvgIpc) is 2.79. The highest BCUT2D eigenvalue weighted by molar-refractivity contribution is 5.94. The number of benzene rings is 1. The van der Waals surface area contributed by atoms with Crippen molar-refractivity contribution in [1.29, 1.82) is 0 Å². The number of rotatable bonds is 5. The maximum atomic E-state index is 13.0. The Morgan fingerprint density at radius 3 is 2.57 bits per heavy atom. The van der Waals surface area contributed by atoms with Gasteiger partial charge in [-0.2, -0.15) is 0 Å². The van der Waals surface area contributed by atoms with Crippen molar-refractivity contribution in [3.63, 3.8) is 0 Å². The minimum Gasteiger partial charge on any atom is -0.348 e. The first-order valence-electron chi connectivity index (χ1n) is 11.2. The van der Waals surface area contributed by atoms with Crippen molar-refractivity contribution in [2.24, 2.45) is 0 Å². The Labute approximate surface area is 178 Å². The number of piperidine rings is 1. The number of halogens is 1. The highest BCUT2D eigenvalue weighted by Crippen LogP contribution is 2.35. The summed E-state index contributed by atoms with van der Waals surface area (Å²) in [5.74, 6) is 0.374. The third-order valence-electron chi connectivity index (χ3n) is 6.49. The van der Waals surface area contributed by atoms with E-state index in [2.05, 4.69) is 15.2 Å². The van der Waals surface area contributed by atoms with Gasteiger partial charge in [0.2, 0.25) is 0 Å². The fourth-order valence-corrected chi connectivity index (χ4v) is 4.83. The molecule has 1 aliphatic carbocycles. The number of aromatic nitrogens is 2. The number of hydrogen-bond donors (Lipinski definition) is 1. The maximum Gasteiger partial charge on any atom is 0.254 e. The van der Waals surface area contributed by atoms with Gasteiger partial charge < -0.3 is 5.32 Å². The molecule has 1 aromatic carbocycles. The first-order chi connectivity index (χ1) is 14.6. The van der Waals surface area contributed by atoms with Crippen molar-refractivity contribution in [3.8, 4) is 0 Å². The third-order valence-corrected chi connectivity index (χ3v) is 6.49. The van der Waals surface area contributed by atoms with E-state index in [1.165, 1.54) is 57.1 Å². The summed E-state index contributed by atoms with van der Waals surface area (Å²) in [4.78, 5) is 24.7. The summed E-state index contributed by atoms with van der Waals surface area (Å²) in [5.41, 5.74) is 2.07. The van der Waals surface area contributed by atoms with Crippen LogP contribution in [-0.2, 0) is 6.54 Å². The highest BCUT2D eigenvalue weighted by atomic mass is 19.1. The number of likely N-dealkylation sites (tertiary alicyclic amines) is 1. The quantitative estimate of drug-likeness (QED) is 0.775. The Balaban J connectivity index is 1.44. The van der Waals surface area contributed by atoms with E-state index in [0.717, 1.165) is 24.4 Å². The third kappa shape index (κ3) is 4.86. The van der Waals surface area contributed by atoms with Crippen LogP contribution in [0.2, 0.25) is 0 Å². The zero-order valence-corrected chi connectivity index (χ0v) is 17.7. The second kappa shape index (κ2) is 9.65. The molecule has 1 saturated carbocycles. The van der Waals surface area contributed by atoms with Gasteiger partial charge >= 0.3 is 0 Å². The van der Waals surface area contributed by atoms with Crippen LogP contribution in [0.5, 0.6) is 0 Å². The normalized spacial score (nSPS) is 20.8. The lowest BCUT2D eigenvalue weighted by molar-refractivity contribution is 0.0674. The standard InChI is InChI=1S/C24H31FN4O/c1-17-21(24(30)27-15-18-10-12-19(25)13-11-18)16-26-23(28-17)22-9-5-6-14-29(22)20-7-3-2-4-8-20/h10-13,16,20,22H,2-9,14-15H2,1H3,(H,27,30). The molecule has 5 nitrogen and oxygen atoms in total. The number of carbonyl (C=O) groups excluding carboxylic acids is 1. The summed E-state index contributed by atoms with van der Waals surface area (Å²) in [6.07, 6.45) is 11.8. The van der Waals surface area contributed by atoms with Crippen LogP contribution < -0.4 is 5.32 Å². The zero-order valence-electron chi connectivity index (χ0n) is 17.7. The summed E-state index contributed by atoms with van der Waals surface area (Å²) in [7, 11) is 0. The van der Waals surface area contributed by atoms with Gasteiger partial charge in [-0.25, -0.2) is 14.4 Å². The predicted molar refractivity (Wildman–Crippen MR) is 115 cm³/mol. The highest BCUT2D eigenvalue weighted by Gasteiger charge is 2.32. The summed E-state index contributed by atoms with van der Waals surface area (Å²) < 4.78 is 13.0. The zero-order chi connectivity index (χ0) is 20.9.